The molecule has 2 heterocycles. The summed E-state index contributed by atoms with van der Waals surface area (Å²) in [6.07, 6.45) is 4.54. The first-order valence-corrected chi connectivity index (χ1v) is 6.21. The lowest BCUT2D eigenvalue weighted by Crippen LogP contribution is -2.26. The van der Waals surface area contributed by atoms with E-state index < -0.39 is 0 Å². The molecule has 1 fully saturated rings. The van der Waals surface area contributed by atoms with Gasteiger partial charge in [-0.2, -0.15) is 0 Å². The highest BCUT2D eigenvalue weighted by Crippen LogP contribution is 2.23. The first-order valence-electron chi connectivity index (χ1n) is 5.09. The second kappa shape index (κ2) is 4.30. The lowest BCUT2D eigenvalue weighted by Gasteiger charge is -2.22. The fourth-order valence-electron chi connectivity index (χ4n) is 1.94. The third-order valence-corrected chi connectivity index (χ3v) is 3.46. The minimum atomic E-state index is 0.650. The number of alkyl halides is 1. The Hall–Kier alpha value is -0.570. The number of hydrogen-bond donors (Lipinski definition) is 0. The maximum atomic E-state index is 4.48. The van der Waals surface area contributed by atoms with E-state index in [2.05, 4.69) is 44.9 Å². The Bertz CT molecular complexity index is 297. The van der Waals surface area contributed by atoms with Gasteiger partial charge in [-0.1, -0.05) is 22.0 Å². The van der Waals surface area contributed by atoms with Crippen LogP contribution < -0.4 is 4.90 Å². The fourth-order valence-corrected chi connectivity index (χ4v) is 2.27. The molecule has 0 amide bonds. The van der Waals surface area contributed by atoms with E-state index in [4.69, 9.17) is 0 Å². The molecule has 2 rings (SSSR count). The molecule has 0 bridgehead atoms. The Morgan fingerprint density at radius 3 is 2.93 bits per heavy atom. The summed E-state index contributed by atoms with van der Waals surface area (Å²) in [5.41, 5.74) is 1.24. The minimum absolute atomic E-state index is 0.650. The zero-order chi connectivity index (χ0) is 9.97. The topological polar surface area (TPSA) is 16.1 Å². The molecule has 1 aliphatic heterocycles. The summed E-state index contributed by atoms with van der Waals surface area (Å²) >= 11 is 3.42. The SMILES string of the molecule is CC1CCCN1c1ccc(CBr)cn1. The predicted octanol–water partition coefficient (Wildman–Crippen LogP) is 2.97. The summed E-state index contributed by atoms with van der Waals surface area (Å²) in [7, 11) is 0. The lowest BCUT2D eigenvalue weighted by molar-refractivity contribution is 0.727. The summed E-state index contributed by atoms with van der Waals surface area (Å²) < 4.78 is 0. The zero-order valence-electron chi connectivity index (χ0n) is 8.41. The summed E-state index contributed by atoms with van der Waals surface area (Å²) in [4.78, 5) is 6.86. The fraction of sp³-hybridized carbons (Fsp3) is 0.545. The molecule has 1 atom stereocenters. The number of halogens is 1. The number of anilines is 1. The molecule has 0 radical (unpaired) electrons. The first-order chi connectivity index (χ1) is 6.81. The summed E-state index contributed by atoms with van der Waals surface area (Å²) in [5.74, 6) is 1.12. The van der Waals surface area contributed by atoms with Crippen molar-refractivity contribution in [1.82, 2.24) is 4.98 Å². The van der Waals surface area contributed by atoms with Crippen molar-refractivity contribution in [1.29, 1.82) is 0 Å². The summed E-state index contributed by atoms with van der Waals surface area (Å²) in [5, 5.41) is 0.885. The molecule has 14 heavy (non-hydrogen) atoms. The van der Waals surface area contributed by atoms with Gasteiger partial charge >= 0.3 is 0 Å². The van der Waals surface area contributed by atoms with Gasteiger partial charge < -0.3 is 4.90 Å². The van der Waals surface area contributed by atoms with Crippen molar-refractivity contribution in [3.63, 3.8) is 0 Å². The molecule has 3 heteroatoms. The van der Waals surface area contributed by atoms with Gasteiger partial charge in [-0.3, -0.25) is 0 Å². The maximum absolute atomic E-state index is 4.48. The smallest absolute Gasteiger partial charge is 0.128 e. The van der Waals surface area contributed by atoms with Crippen LogP contribution >= 0.6 is 15.9 Å². The number of aromatic nitrogens is 1. The number of nitrogens with zero attached hydrogens (tertiary/aromatic N) is 2. The molecule has 76 valence electrons. The van der Waals surface area contributed by atoms with Gasteiger partial charge in [-0.25, -0.2) is 4.98 Å². The van der Waals surface area contributed by atoms with Gasteiger partial charge in [0.25, 0.3) is 0 Å². The molecule has 0 aliphatic carbocycles. The average Bonchev–Trinajstić information content (AvgIpc) is 2.65. The van der Waals surface area contributed by atoms with Gasteiger partial charge in [-0.05, 0) is 31.4 Å². The van der Waals surface area contributed by atoms with Crippen LogP contribution in [0.25, 0.3) is 0 Å². The molecule has 1 aromatic heterocycles. The van der Waals surface area contributed by atoms with Crippen molar-refractivity contribution >= 4 is 21.7 Å². The van der Waals surface area contributed by atoms with Crippen LogP contribution in [0.1, 0.15) is 25.3 Å². The van der Waals surface area contributed by atoms with Crippen LogP contribution in [0, 0.1) is 0 Å². The minimum Gasteiger partial charge on any atom is -0.354 e. The van der Waals surface area contributed by atoms with E-state index in [1.807, 2.05) is 6.20 Å². The molecule has 0 spiro atoms. The van der Waals surface area contributed by atoms with E-state index >= 15 is 0 Å². The van der Waals surface area contributed by atoms with Gasteiger partial charge in [0.1, 0.15) is 5.82 Å². The highest BCUT2D eigenvalue weighted by Gasteiger charge is 2.20. The highest BCUT2D eigenvalue weighted by atomic mass is 79.9. The van der Waals surface area contributed by atoms with Crippen LogP contribution in [-0.4, -0.2) is 17.6 Å². The maximum Gasteiger partial charge on any atom is 0.128 e. The van der Waals surface area contributed by atoms with Crippen LogP contribution in [0.2, 0.25) is 0 Å². The van der Waals surface area contributed by atoms with Gasteiger partial charge in [0.15, 0.2) is 0 Å². The van der Waals surface area contributed by atoms with E-state index in [9.17, 15) is 0 Å². The Morgan fingerprint density at radius 1 is 1.57 bits per heavy atom. The molecular formula is C11H15BrN2. The van der Waals surface area contributed by atoms with Crippen LogP contribution in [-0.2, 0) is 5.33 Å². The van der Waals surface area contributed by atoms with Gasteiger partial charge in [0, 0.05) is 24.1 Å². The molecule has 1 aliphatic rings. The number of pyridine rings is 1. The Labute approximate surface area is 93.5 Å². The molecule has 1 unspecified atom stereocenters. The molecule has 1 saturated heterocycles. The van der Waals surface area contributed by atoms with Gasteiger partial charge in [0.2, 0.25) is 0 Å². The van der Waals surface area contributed by atoms with Crippen LogP contribution in [0.5, 0.6) is 0 Å². The molecule has 0 aromatic carbocycles. The Morgan fingerprint density at radius 2 is 2.43 bits per heavy atom. The predicted molar refractivity (Wildman–Crippen MR) is 62.9 cm³/mol. The number of hydrogen-bond acceptors (Lipinski definition) is 2. The van der Waals surface area contributed by atoms with Crippen molar-refractivity contribution in [2.24, 2.45) is 0 Å². The van der Waals surface area contributed by atoms with E-state index in [1.165, 1.54) is 18.4 Å². The lowest BCUT2D eigenvalue weighted by atomic mass is 10.2. The Kier molecular flexibility index (Phi) is 3.06. The highest BCUT2D eigenvalue weighted by molar-refractivity contribution is 9.08. The van der Waals surface area contributed by atoms with Crippen LogP contribution in [0.3, 0.4) is 0 Å². The number of rotatable bonds is 2. The van der Waals surface area contributed by atoms with Gasteiger partial charge in [0.05, 0.1) is 0 Å². The first kappa shape index (κ1) is 9.97. The van der Waals surface area contributed by atoms with E-state index in [0.29, 0.717) is 6.04 Å². The molecule has 0 N–H and O–H groups in total. The van der Waals surface area contributed by atoms with Crippen molar-refractivity contribution in [3.05, 3.63) is 23.9 Å². The monoisotopic (exact) mass is 254 g/mol. The second-order valence-electron chi connectivity index (χ2n) is 3.84. The van der Waals surface area contributed by atoms with E-state index in [-0.39, 0.29) is 0 Å². The molecule has 0 saturated carbocycles. The second-order valence-corrected chi connectivity index (χ2v) is 4.40. The standard InChI is InChI=1S/C11H15BrN2/c1-9-3-2-6-14(9)11-5-4-10(7-12)8-13-11/h4-5,8-9H,2-3,6-7H2,1H3. The van der Waals surface area contributed by atoms with Crippen LogP contribution in [0.4, 0.5) is 5.82 Å². The largest absolute Gasteiger partial charge is 0.354 e. The normalized spacial score (nSPS) is 21.6. The zero-order valence-corrected chi connectivity index (χ0v) is 10.00. The quantitative estimate of drug-likeness (QED) is 0.755. The van der Waals surface area contributed by atoms with Gasteiger partial charge in [-0.15, -0.1) is 0 Å². The molecule has 2 nitrogen and oxygen atoms in total. The van der Waals surface area contributed by atoms with Crippen molar-refractivity contribution in [3.8, 4) is 0 Å². The summed E-state index contributed by atoms with van der Waals surface area (Å²) in [6, 6.07) is 4.91. The van der Waals surface area contributed by atoms with Crippen molar-refractivity contribution < 1.29 is 0 Å². The summed E-state index contributed by atoms with van der Waals surface area (Å²) in [6.45, 7) is 3.43. The Balaban J connectivity index is 2.16. The van der Waals surface area contributed by atoms with Crippen molar-refractivity contribution in [2.45, 2.75) is 31.1 Å². The van der Waals surface area contributed by atoms with E-state index in [1.54, 1.807) is 0 Å². The molecule has 1 aromatic rings. The average molecular weight is 255 g/mol. The molecular weight excluding hydrogens is 240 g/mol. The van der Waals surface area contributed by atoms with E-state index in [0.717, 1.165) is 17.7 Å². The van der Waals surface area contributed by atoms with Crippen molar-refractivity contribution in [2.75, 3.05) is 11.4 Å². The third kappa shape index (κ3) is 1.92. The third-order valence-electron chi connectivity index (χ3n) is 2.81. The van der Waals surface area contributed by atoms with Crippen LogP contribution in [0.15, 0.2) is 18.3 Å².